The maximum atomic E-state index is 13.8. The molecule has 0 unspecified atom stereocenters. The van der Waals surface area contributed by atoms with E-state index in [2.05, 4.69) is 0 Å². The lowest BCUT2D eigenvalue weighted by Gasteiger charge is -2.25. The quantitative estimate of drug-likeness (QED) is 0.201. The molecule has 0 heterocycles. The van der Waals surface area contributed by atoms with Crippen LogP contribution in [0.5, 0.6) is 17.2 Å². The van der Waals surface area contributed by atoms with Crippen molar-refractivity contribution in [3.8, 4) is 17.2 Å². The van der Waals surface area contributed by atoms with Crippen molar-refractivity contribution >= 4 is 24.0 Å². The number of hydrogen-bond donors (Lipinski definition) is 0. The van der Waals surface area contributed by atoms with Crippen LogP contribution in [-0.2, 0) is 11.2 Å². The highest BCUT2D eigenvalue weighted by atomic mass is 16.7. The van der Waals surface area contributed by atoms with Crippen LogP contribution in [0.15, 0.2) is 48.5 Å². The molecule has 0 N–H and O–H groups in total. The number of carbonyl (C=O) groups is 4. The summed E-state index contributed by atoms with van der Waals surface area (Å²) in [5.74, 6) is -0.426. The van der Waals surface area contributed by atoms with Gasteiger partial charge in [0.25, 0.3) is 0 Å². The number of aldehydes is 1. The summed E-state index contributed by atoms with van der Waals surface area (Å²) < 4.78 is 21.9. The van der Waals surface area contributed by atoms with E-state index in [0.717, 1.165) is 0 Å². The Morgan fingerprint density at radius 1 is 0.838 bits per heavy atom. The fraction of sp³-hybridized carbons (Fsp3) is 0.241. The standard InChI is InChI=1S/C29H26O8/c1-29(2,3)37-28(33)36-27-21(13-19-16(15-30)9-8-12-22(19)34-4)24-20(14-23(27)35-5)25(31)17-10-6-7-11-18(17)26(24)32/h6-12,14-15H,13H2,1-5H3. The summed E-state index contributed by atoms with van der Waals surface area (Å²) in [6, 6.07) is 12.8. The normalized spacial score (nSPS) is 12.4. The first-order chi connectivity index (χ1) is 17.6. The minimum Gasteiger partial charge on any atom is -0.496 e. The van der Waals surface area contributed by atoms with Crippen LogP contribution in [-0.4, -0.2) is 43.8 Å². The third kappa shape index (κ3) is 4.82. The van der Waals surface area contributed by atoms with Crippen molar-refractivity contribution in [3.05, 3.63) is 87.5 Å². The van der Waals surface area contributed by atoms with E-state index in [4.69, 9.17) is 18.9 Å². The largest absolute Gasteiger partial charge is 0.514 e. The molecule has 0 bridgehead atoms. The topological polar surface area (TPSA) is 105 Å². The number of hydrogen-bond acceptors (Lipinski definition) is 8. The van der Waals surface area contributed by atoms with Crippen LogP contribution in [0.2, 0.25) is 0 Å². The van der Waals surface area contributed by atoms with Crippen LogP contribution in [0.4, 0.5) is 4.79 Å². The van der Waals surface area contributed by atoms with Gasteiger partial charge in [-0.25, -0.2) is 4.79 Å². The molecule has 8 heteroatoms. The molecule has 1 aliphatic rings. The fourth-order valence-electron chi connectivity index (χ4n) is 4.33. The number of rotatable bonds is 6. The lowest BCUT2D eigenvalue weighted by atomic mass is 9.79. The molecule has 0 radical (unpaired) electrons. The Labute approximate surface area is 214 Å². The number of ketones is 2. The Morgan fingerprint density at radius 2 is 1.49 bits per heavy atom. The molecule has 0 atom stereocenters. The fourth-order valence-corrected chi connectivity index (χ4v) is 4.33. The van der Waals surface area contributed by atoms with Crippen LogP contribution < -0.4 is 14.2 Å². The molecule has 1 aliphatic carbocycles. The van der Waals surface area contributed by atoms with E-state index in [1.165, 1.54) is 20.3 Å². The predicted octanol–water partition coefficient (Wildman–Crippen LogP) is 5.20. The molecule has 4 rings (SSSR count). The molecule has 0 saturated carbocycles. The second-order valence-corrected chi connectivity index (χ2v) is 9.40. The Hall–Kier alpha value is -4.46. The summed E-state index contributed by atoms with van der Waals surface area (Å²) in [5.41, 5.74) is 0.764. The maximum absolute atomic E-state index is 13.8. The van der Waals surface area contributed by atoms with Crippen molar-refractivity contribution in [1.29, 1.82) is 0 Å². The third-order valence-electron chi connectivity index (χ3n) is 5.90. The zero-order chi connectivity index (χ0) is 26.9. The Morgan fingerprint density at radius 3 is 2.08 bits per heavy atom. The lowest BCUT2D eigenvalue weighted by Crippen LogP contribution is -2.27. The van der Waals surface area contributed by atoms with Crippen molar-refractivity contribution in [3.63, 3.8) is 0 Å². The Balaban J connectivity index is 2.01. The van der Waals surface area contributed by atoms with Crippen molar-refractivity contribution in [2.45, 2.75) is 32.8 Å². The smallest absolute Gasteiger partial charge is 0.496 e. The first kappa shape index (κ1) is 25.6. The van der Waals surface area contributed by atoms with Crippen molar-refractivity contribution in [1.82, 2.24) is 0 Å². The summed E-state index contributed by atoms with van der Waals surface area (Å²) >= 11 is 0. The van der Waals surface area contributed by atoms with Gasteiger partial charge in [0.2, 0.25) is 0 Å². The number of methoxy groups -OCH3 is 2. The molecule has 0 fully saturated rings. The lowest BCUT2D eigenvalue weighted by molar-refractivity contribution is 0.0198. The monoisotopic (exact) mass is 502 g/mol. The molecule has 0 saturated heterocycles. The zero-order valence-corrected chi connectivity index (χ0v) is 21.2. The molecular formula is C29H26O8. The molecule has 3 aromatic rings. The van der Waals surface area contributed by atoms with Gasteiger partial charge in [0.05, 0.1) is 14.2 Å². The second-order valence-electron chi connectivity index (χ2n) is 9.40. The molecule has 0 spiro atoms. The van der Waals surface area contributed by atoms with Crippen molar-refractivity contribution in [2.75, 3.05) is 14.2 Å². The second kappa shape index (κ2) is 9.89. The first-order valence-electron chi connectivity index (χ1n) is 11.5. The van der Waals surface area contributed by atoms with Crippen LogP contribution in [0.3, 0.4) is 0 Å². The Bertz CT molecular complexity index is 1430. The maximum Gasteiger partial charge on any atom is 0.514 e. The van der Waals surface area contributed by atoms with Gasteiger partial charge in [-0.2, -0.15) is 0 Å². The van der Waals surface area contributed by atoms with Crippen molar-refractivity contribution in [2.24, 2.45) is 0 Å². The number of fused-ring (bicyclic) bond motifs is 2. The van der Waals surface area contributed by atoms with Crippen LogP contribution in [0.1, 0.15) is 74.1 Å². The Kier molecular flexibility index (Phi) is 6.85. The molecule has 37 heavy (non-hydrogen) atoms. The SMILES string of the molecule is COc1cccc(C=O)c1Cc1c(OC(=O)OC(C)(C)C)c(OC)cc2c1C(=O)c1ccccc1C2=O. The molecule has 0 aliphatic heterocycles. The highest BCUT2D eigenvalue weighted by molar-refractivity contribution is 6.29. The summed E-state index contributed by atoms with van der Waals surface area (Å²) in [6.45, 7) is 5.05. The number of benzene rings is 3. The predicted molar refractivity (Wildman–Crippen MR) is 134 cm³/mol. The molecule has 190 valence electrons. The highest BCUT2D eigenvalue weighted by Crippen LogP contribution is 2.43. The summed E-state index contributed by atoms with van der Waals surface area (Å²) in [7, 11) is 2.81. The summed E-state index contributed by atoms with van der Waals surface area (Å²) in [4.78, 5) is 51.9. The zero-order valence-electron chi connectivity index (χ0n) is 21.2. The van der Waals surface area contributed by atoms with Gasteiger partial charge >= 0.3 is 6.16 Å². The number of carbonyl (C=O) groups excluding carboxylic acids is 4. The van der Waals surface area contributed by atoms with Gasteiger partial charge in [0, 0.05) is 45.4 Å². The molecular weight excluding hydrogens is 476 g/mol. The van der Waals surface area contributed by atoms with Crippen LogP contribution >= 0.6 is 0 Å². The van der Waals surface area contributed by atoms with E-state index < -0.39 is 17.5 Å². The van der Waals surface area contributed by atoms with E-state index in [9.17, 15) is 19.2 Å². The van der Waals surface area contributed by atoms with Gasteiger partial charge in [-0.1, -0.05) is 36.4 Å². The summed E-state index contributed by atoms with van der Waals surface area (Å²) in [6.07, 6.45) is -0.421. The van der Waals surface area contributed by atoms with Crippen LogP contribution in [0.25, 0.3) is 0 Å². The molecule has 0 amide bonds. The van der Waals surface area contributed by atoms with E-state index >= 15 is 0 Å². The van der Waals surface area contributed by atoms with Gasteiger partial charge in [-0.15, -0.1) is 0 Å². The summed E-state index contributed by atoms with van der Waals surface area (Å²) in [5, 5.41) is 0. The van der Waals surface area contributed by atoms with Gasteiger partial charge in [0.15, 0.2) is 23.1 Å². The third-order valence-corrected chi connectivity index (χ3v) is 5.90. The van der Waals surface area contributed by atoms with E-state index in [0.29, 0.717) is 23.2 Å². The van der Waals surface area contributed by atoms with Gasteiger partial charge in [0.1, 0.15) is 17.6 Å². The number of ether oxygens (including phenoxy) is 4. The van der Waals surface area contributed by atoms with Gasteiger partial charge in [-0.05, 0) is 32.9 Å². The van der Waals surface area contributed by atoms with Gasteiger partial charge < -0.3 is 18.9 Å². The van der Waals surface area contributed by atoms with Crippen molar-refractivity contribution < 1.29 is 38.1 Å². The molecule has 8 nitrogen and oxygen atoms in total. The van der Waals surface area contributed by atoms with E-state index in [1.807, 2.05) is 0 Å². The first-order valence-corrected chi connectivity index (χ1v) is 11.5. The minimum absolute atomic E-state index is 0.0580. The molecule has 3 aromatic carbocycles. The molecule has 0 aromatic heterocycles. The van der Waals surface area contributed by atoms with Crippen LogP contribution in [0, 0.1) is 0 Å². The average Bonchev–Trinajstić information content (AvgIpc) is 2.86. The highest BCUT2D eigenvalue weighted by Gasteiger charge is 2.36. The minimum atomic E-state index is -1.02. The average molecular weight is 503 g/mol. The van der Waals surface area contributed by atoms with Gasteiger partial charge in [-0.3, -0.25) is 14.4 Å². The van der Waals surface area contributed by atoms with E-state index in [1.54, 1.807) is 63.2 Å². The van der Waals surface area contributed by atoms with E-state index in [-0.39, 0.29) is 51.5 Å².